The lowest BCUT2D eigenvalue weighted by molar-refractivity contribution is -0.118. The van der Waals surface area contributed by atoms with E-state index < -0.39 is 10.0 Å². The molecular formula is C26H31N5O4S. The lowest BCUT2D eigenvalue weighted by Gasteiger charge is -2.34. The van der Waals surface area contributed by atoms with Gasteiger partial charge in [-0.15, -0.1) is 0 Å². The number of anilines is 2. The van der Waals surface area contributed by atoms with Crippen LogP contribution in [0.2, 0.25) is 0 Å². The molecule has 1 fully saturated rings. The van der Waals surface area contributed by atoms with E-state index >= 15 is 0 Å². The number of ether oxygens (including phenoxy) is 1. The maximum atomic E-state index is 13.2. The number of aromatic nitrogens is 2. The molecule has 1 saturated heterocycles. The fraction of sp³-hybridized carbons (Fsp3) is 0.346. The van der Waals surface area contributed by atoms with Crippen LogP contribution in [0.4, 0.5) is 11.5 Å². The van der Waals surface area contributed by atoms with Crippen molar-refractivity contribution in [3.63, 3.8) is 0 Å². The van der Waals surface area contributed by atoms with Crippen LogP contribution in [-0.2, 0) is 14.8 Å². The zero-order chi connectivity index (χ0) is 25.7. The molecular weight excluding hydrogens is 478 g/mol. The summed E-state index contributed by atoms with van der Waals surface area (Å²) in [7, 11) is -3.64. The molecule has 0 aliphatic carbocycles. The molecule has 10 heteroatoms. The number of amides is 1. The fourth-order valence-corrected chi connectivity index (χ4v) is 5.29. The van der Waals surface area contributed by atoms with E-state index in [0.29, 0.717) is 38.5 Å². The van der Waals surface area contributed by atoms with Gasteiger partial charge in [-0.05, 0) is 55.5 Å². The van der Waals surface area contributed by atoms with E-state index in [1.54, 1.807) is 26.0 Å². The molecule has 3 aromatic rings. The van der Waals surface area contributed by atoms with Crippen LogP contribution in [0, 0.1) is 5.92 Å². The van der Waals surface area contributed by atoms with Crippen LogP contribution in [0.3, 0.4) is 0 Å². The zero-order valence-electron chi connectivity index (χ0n) is 20.7. The summed E-state index contributed by atoms with van der Waals surface area (Å²) in [6.45, 7) is 7.88. The summed E-state index contributed by atoms with van der Waals surface area (Å²) in [5.41, 5.74) is 2.32. The Kier molecular flexibility index (Phi) is 7.85. The van der Waals surface area contributed by atoms with E-state index in [9.17, 15) is 13.2 Å². The maximum Gasteiger partial charge on any atom is 0.243 e. The largest absolute Gasteiger partial charge is 0.494 e. The van der Waals surface area contributed by atoms with Gasteiger partial charge in [-0.1, -0.05) is 13.8 Å². The number of rotatable bonds is 8. The van der Waals surface area contributed by atoms with E-state index in [0.717, 1.165) is 22.8 Å². The summed E-state index contributed by atoms with van der Waals surface area (Å²) in [5.74, 6) is 1.30. The molecule has 0 bridgehead atoms. The van der Waals surface area contributed by atoms with E-state index in [2.05, 4.69) is 20.2 Å². The van der Waals surface area contributed by atoms with Gasteiger partial charge in [0.15, 0.2) is 0 Å². The van der Waals surface area contributed by atoms with E-state index in [-0.39, 0.29) is 16.7 Å². The molecule has 1 aromatic heterocycles. The standard InChI is InChI=1S/C26H31N5O4S/c1-4-35-22-9-5-20(6-10-22)24-17-25(28-18-27-24)30-13-15-31(16-14-30)36(33,34)23-11-7-21(8-12-23)29-26(32)19(2)3/h5-12,17-19H,4,13-16H2,1-3H3,(H,29,32). The van der Waals surface area contributed by atoms with Crippen molar-refractivity contribution in [2.75, 3.05) is 43.0 Å². The van der Waals surface area contributed by atoms with Crippen molar-refractivity contribution in [3.8, 4) is 17.0 Å². The molecule has 0 spiro atoms. The highest BCUT2D eigenvalue weighted by Crippen LogP contribution is 2.25. The van der Waals surface area contributed by atoms with Gasteiger partial charge >= 0.3 is 0 Å². The zero-order valence-corrected chi connectivity index (χ0v) is 21.5. The third-order valence-corrected chi connectivity index (χ3v) is 7.87. The first-order chi connectivity index (χ1) is 17.3. The van der Waals surface area contributed by atoms with E-state index in [1.165, 1.54) is 22.8 Å². The van der Waals surface area contributed by atoms with Crippen LogP contribution in [0.15, 0.2) is 65.8 Å². The van der Waals surface area contributed by atoms with Crippen molar-refractivity contribution in [2.45, 2.75) is 25.7 Å². The molecule has 190 valence electrons. The molecule has 9 nitrogen and oxygen atoms in total. The number of nitrogens with zero attached hydrogens (tertiary/aromatic N) is 4. The Bertz CT molecular complexity index is 1290. The molecule has 0 saturated carbocycles. The predicted molar refractivity (Wildman–Crippen MR) is 140 cm³/mol. The van der Waals surface area contributed by atoms with Gasteiger partial charge in [0.05, 0.1) is 17.2 Å². The third kappa shape index (κ3) is 5.83. The minimum absolute atomic E-state index is 0.114. The van der Waals surface area contributed by atoms with Gasteiger partial charge in [0.2, 0.25) is 15.9 Å². The Morgan fingerprint density at radius 2 is 1.67 bits per heavy atom. The Morgan fingerprint density at radius 1 is 1.00 bits per heavy atom. The highest BCUT2D eigenvalue weighted by atomic mass is 32.2. The minimum Gasteiger partial charge on any atom is -0.494 e. The molecule has 1 N–H and O–H groups in total. The quantitative estimate of drug-likeness (QED) is 0.494. The fourth-order valence-electron chi connectivity index (χ4n) is 3.87. The monoisotopic (exact) mass is 509 g/mol. The van der Waals surface area contributed by atoms with Gasteiger partial charge in [0.25, 0.3) is 0 Å². The number of sulfonamides is 1. The molecule has 0 atom stereocenters. The van der Waals surface area contributed by atoms with Gasteiger partial charge in [-0.25, -0.2) is 18.4 Å². The van der Waals surface area contributed by atoms with Crippen LogP contribution < -0.4 is 15.0 Å². The first-order valence-corrected chi connectivity index (χ1v) is 13.4. The number of carbonyl (C=O) groups excluding carboxylic acids is 1. The first-order valence-electron chi connectivity index (χ1n) is 12.0. The van der Waals surface area contributed by atoms with Crippen molar-refractivity contribution in [3.05, 3.63) is 60.9 Å². The summed E-state index contributed by atoms with van der Waals surface area (Å²) >= 11 is 0. The van der Waals surface area contributed by atoms with E-state index in [4.69, 9.17) is 4.74 Å². The second-order valence-corrected chi connectivity index (χ2v) is 10.7. The van der Waals surface area contributed by atoms with Gasteiger partial charge in [0, 0.05) is 49.4 Å². The average Bonchev–Trinajstić information content (AvgIpc) is 2.90. The van der Waals surface area contributed by atoms with Gasteiger partial charge in [0.1, 0.15) is 17.9 Å². The van der Waals surface area contributed by atoms with Crippen LogP contribution in [0.5, 0.6) is 5.75 Å². The number of piperazine rings is 1. The second kappa shape index (κ2) is 11.0. The van der Waals surface area contributed by atoms with Gasteiger partial charge < -0.3 is 15.0 Å². The summed E-state index contributed by atoms with van der Waals surface area (Å²) in [5, 5.41) is 2.78. The summed E-state index contributed by atoms with van der Waals surface area (Å²) in [4.78, 5) is 23.0. The first kappa shape index (κ1) is 25.6. The summed E-state index contributed by atoms with van der Waals surface area (Å²) < 4.78 is 33.3. The molecule has 2 heterocycles. The number of hydrogen-bond acceptors (Lipinski definition) is 7. The smallest absolute Gasteiger partial charge is 0.243 e. The van der Waals surface area contributed by atoms with Crippen LogP contribution in [0.25, 0.3) is 11.3 Å². The van der Waals surface area contributed by atoms with Crippen molar-refractivity contribution >= 4 is 27.4 Å². The Morgan fingerprint density at radius 3 is 2.28 bits per heavy atom. The van der Waals surface area contributed by atoms with Crippen LogP contribution in [0.1, 0.15) is 20.8 Å². The third-order valence-electron chi connectivity index (χ3n) is 5.96. The Hall–Kier alpha value is -3.50. The Balaban J connectivity index is 1.40. The van der Waals surface area contributed by atoms with Crippen molar-refractivity contribution in [2.24, 2.45) is 5.92 Å². The van der Waals surface area contributed by atoms with E-state index in [1.807, 2.05) is 37.3 Å². The molecule has 0 unspecified atom stereocenters. The maximum absolute atomic E-state index is 13.2. The van der Waals surface area contributed by atoms with Crippen LogP contribution >= 0.6 is 0 Å². The number of benzene rings is 2. The summed E-state index contributed by atoms with van der Waals surface area (Å²) in [6, 6.07) is 16.0. The molecule has 1 aliphatic rings. The van der Waals surface area contributed by atoms with Crippen molar-refractivity contribution < 1.29 is 17.9 Å². The SMILES string of the molecule is CCOc1ccc(-c2cc(N3CCN(S(=O)(=O)c4ccc(NC(=O)C(C)C)cc4)CC3)ncn2)cc1. The molecule has 1 amide bonds. The lowest BCUT2D eigenvalue weighted by atomic mass is 10.1. The van der Waals surface area contributed by atoms with Crippen molar-refractivity contribution in [1.82, 2.24) is 14.3 Å². The highest BCUT2D eigenvalue weighted by molar-refractivity contribution is 7.89. The topological polar surface area (TPSA) is 105 Å². The predicted octanol–water partition coefficient (Wildman–Crippen LogP) is 3.65. The molecule has 0 radical (unpaired) electrons. The van der Waals surface area contributed by atoms with Crippen LogP contribution in [-0.4, -0.2) is 61.4 Å². The van der Waals surface area contributed by atoms with Gasteiger partial charge in [-0.3, -0.25) is 4.79 Å². The Labute approximate surface area is 212 Å². The second-order valence-electron chi connectivity index (χ2n) is 8.78. The minimum atomic E-state index is -3.64. The highest BCUT2D eigenvalue weighted by Gasteiger charge is 2.29. The van der Waals surface area contributed by atoms with Gasteiger partial charge in [-0.2, -0.15) is 4.31 Å². The molecule has 1 aliphatic heterocycles. The molecule has 2 aromatic carbocycles. The average molecular weight is 510 g/mol. The number of nitrogens with one attached hydrogen (secondary N) is 1. The molecule has 36 heavy (non-hydrogen) atoms. The molecule has 4 rings (SSSR count). The summed E-state index contributed by atoms with van der Waals surface area (Å²) in [6.07, 6.45) is 1.53. The number of carbonyl (C=O) groups is 1. The number of hydrogen-bond donors (Lipinski definition) is 1. The normalized spacial score (nSPS) is 14.6. The van der Waals surface area contributed by atoms with Crippen molar-refractivity contribution in [1.29, 1.82) is 0 Å². The lowest BCUT2D eigenvalue weighted by Crippen LogP contribution is -2.48.